The molecule has 4 aromatic rings. The Morgan fingerprint density at radius 2 is 1.87 bits per heavy atom. The zero-order valence-corrected chi connectivity index (χ0v) is 18.7. The number of halogens is 1. The van der Waals surface area contributed by atoms with Crippen LogP contribution in [0.3, 0.4) is 0 Å². The third kappa shape index (κ3) is 4.30. The number of aromatic amines is 1. The third-order valence-corrected chi connectivity index (χ3v) is 5.35. The molecule has 31 heavy (non-hydrogen) atoms. The van der Waals surface area contributed by atoms with Crippen LogP contribution in [0.5, 0.6) is 5.75 Å². The van der Waals surface area contributed by atoms with Gasteiger partial charge in [-0.1, -0.05) is 38.4 Å². The van der Waals surface area contributed by atoms with Crippen molar-refractivity contribution in [2.75, 3.05) is 12.4 Å². The van der Waals surface area contributed by atoms with Gasteiger partial charge in [-0.05, 0) is 42.5 Å². The minimum Gasteiger partial charge on any atom is -0.497 e. The molecular weight excluding hydrogens is 412 g/mol. The van der Waals surface area contributed by atoms with Gasteiger partial charge in [0.1, 0.15) is 11.4 Å². The summed E-state index contributed by atoms with van der Waals surface area (Å²) in [6.07, 6.45) is 0. The van der Waals surface area contributed by atoms with Crippen molar-refractivity contribution in [2.24, 2.45) is 0 Å². The predicted molar refractivity (Wildman–Crippen MR) is 126 cm³/mol. The average molecular weight is 437 g/mol. The maximum atomic E-state index is 12.9. The van der Waals surface area contributed by atoms with Crippen molar-refractivity contribution in [3.05, 3.63) is 81.2 Å². The average Bonchev–Trinajstić information content (AvgIpc) is 3.11. The van der Waals surface area contributed by atoms with E-state index in [4.69, 9.17) is 21.4 Å². The first kappa shape index (κ1) is 21.0. The van der Waals surface area contributed by atoms with Crippen LogP contribution >= 0.6 is 11.6 Å². The second kappa shape index (κ2) is 8.12. The maximum absolute atomic E-state index is 12.9. The molecule has 0 aliphatic heterocycles. The molecule has 0 unspecified atom stereocenters. The molecule has 2 aromatic carbocycles. The quantitative estimate of drug-likeness (QED) is 0.446. The van der Waals surface area contributed by atoms with Crippen LogP contribution in [0, 0.1) is 0 Å². The fraction of sp³-hybridized carbons (Fsp3) is 0.250. The molecule has 0 aliphatic rings. The normalized spacial score (nSPS) is 11.6. The van der Waals surface area contributed by atoms with Crippen molar-refractivity contribution in [3.63, 3.8) is 0 Å². The van der Waals surface area contributed by atoms with E-state index in [1.807, 2.05) is 54.6 Å². The zero-order valence-electron chi connectivity index (χ0n) is 18.0. The van der Waals surface area contributed by atoms with Crippen molar-refractivity contribution < 1.29 is 4.74 Å². The highest BCUT2D eigenvalue weighted by atomic mass is 35.5. The summed E-state index contributed by atoms with van der Waals surface area (Å²) >= 11 is 6.04. The number of rotatable bonds is 5. The largest absolute Gasteiger partial charge is 0.497 e. The summed E-state index contributed by atoms with van der Waals surface area (Å²) < 4.78 is 7.04. The Kier molecular flexibility index (Phi) is 5.50. The molecule has 7 heteroatoms. The Balaban J connectivity index is 1.78. The highest BCUT2D eigenvalue weighted by molar-refractivity contribution is 6.30. The molecule has 0 saturated carbocycles. The number of aromatic nitrogens is 3. The molecule has 0 bridgehead atoms. The number of hydrogen-bond acceptors (Lipinski definition) is 4. The summed E-state index contributed by atoms with van der Waals surface area (Å²) in [6.45, 7) is 6.72. The highest BCUT2D eigenvalue weighted by Gasteiger charge is 2.24. The summed E-state index contributed by atoms with van der Waals surface area (Å²) in [5.41, 5.74) is 3.58. The number of ether oxygens (including phenoxy) is 1. The highest BCUT2D eigenvalue weighted by Crippen LogP contribution is 2.30. The predicted octanol–water partition coefficient (Wildman–Crippen LogP) is 5.29. The number of pyridine rings is 1. The van der Waals surface area contributed by atoms with Gasteiger partial charge in [-0.3, -0.25) is 4.79 Å². The Morgan fingerprint density at radius 1 is 1.13 bits per heavy atom. The van der Waals surface area contributed by atoms with E-state index in [2.05, 4.69) is 31.1 Å². The molecule has 2 N–H and O–H groups in total. The molecule has 2 heterocycles. The van der Waals surface area contributed by atoms with E-state index < -0.39 is 0 Å². The Hall–Kier alpha value is -3.25. The first-order chi connectivity index (χ1) is 14.8. The Labute approximate surface area is 185 Å². The van der Waals surface area contributed by atoms with Gasteiger partial charge in [-0.2, -0.15) is 5.10 Å². The number of fused-ring (bicyclic) bond motifs is 1. The van der Waals surface area contributed by atoms with Gasteiger partial charge < -0.3 is 15.0 Å². The first-order valence-corrected chi connectivity index (χ1v) is 10.4. The zero-order chi connectivity index (χ0) is 22.2. The molecule has 0 amide bonds. The first-order valence-electron chi connectivity index (χ1n) is 10.1. The second-order valence-electron chi connectivity index (χ2n) is 8.46. The van der Waals surface area contributed by atoms with Gasteiger partial charge >= 0.3 is 0 Å². The number of methoxy groups -OCH3 is 1. The minimum atomic E-state index is -0.203. The molecule has 0 radical (unpaired) electrons. The van der Waals surface area contributed by atoms with E-state index in [1.54, 1.807) is 11.8 Å². The second-order valence-corrected chi connectivity index (χ2v) is 8.89. The maximum Gasteiger partial charge on any atom is 0.254 e. The van der Waals surface area contributed by atoms with Crippen LogP contribution in [-0.4, -0.2) is 21.9 Å². The number of nitrogens with one attached hydrogen (secondary N) is 2. The standard InChI is InChI=1S/C24H25ClN4O2/c1-24(2,3)21-20-12-15(14-26-17-6-5-7-19(13-17)31-4)23(30)27-22(20)29(28-21)18-10-8-16(25)9-11-18/h5-13,26H,14H2,1-4H3,(H,27,30). The minimum absolute atomic E-state index is 0.154. The molecular formula is C24H25ClN4O2. The molecule has 0 aliphatic carbocycles. The monoisotopic (exact) mass is 436 g/mol. The molecule has 160 valence electrons. The molecule has 0 saturated heterocycles. The van der Waals surface area contributed by atoms with E-state index in [1.165, 1.54) is 0 Å². The third-order valence-electron chi connectivity index (χ3n) is 5.10. The van der Waals surface area contributed by atoms with Crippen LogP contribution < -0.4 is 15.6 Å². The molecule has 0 atom stereocenters. The van der Waals surface area contributed by atoms with E-state index in [0.717, 1.165) is 28.2 Å². The van der Waals surface area contributed by atoms with Gasteiger partial charge in [0, 0.05) is 39.7 Å². The van der Waals surface area contributed by atoms with Crippen LogP contribution in [0.1, 0.15) is 32.0 Å². The smallest absolute Gasteiger partial charge is 0.254 e. The van der Waals surface area contributed by atoms with Gasteiger partial charge in [-0.15, -0.1) is 0 Å². The van der Waals surface area contributed by atoms with Gasteiger partial charge in [-0.25, -0.2) is 4.68 Å². The van der Waals surface area contributed by atoms with Crippen molar-refractivity contribution >= 4 is 28.3 Å². The number of hydrogen-bond donors (Lipinski definition) is 2. The Morgan fingerprint density at radius 3 is 2.55 bits per heavy atom. The van der Waals surface area contributed by atoms with E-state index in [0.29, 0.717) is 22.8 Å². The fourth-order valence-electron chi connectivity index (χ4n) is 3.50. The summed E-state index contributed by atoms with van der Waals surface area (Å²) in [4.78, 5) is 15.9. The van der Waals surface area contributed by atoms with Crippen LogP contribution in [0.25, 0.3) is 16.7 Å². The van der Waals surface area contributed by atoms with Gasteiger partial charge in [0.2, 0.25) is 0 Å². The topological polar surface area (TPSA) is 71.9 Å². The SMILES string of the molecule is COc1cccc(NCc2cc3c(C(C)(C)C)nn(-c4ccc(Cl)cc4)c3[nH]c2=O)c1. The lowest BCUT2D eigenvalue weighted by Crippen LogP contribution is -2.17. The number of H-pyrrole nitrogens is 1. The molecule has 0 spiro atoms. The fourth-order valence-corrected chi connectivity index (χ4v) is 3.63. The van der Waals surface area contributed by atoms with Crippen molar-refractivity contribution in [3.8, 4) is 11.4 Å². The summed E-state index contributed by atoms with van der Waals surface area (Å²) in [7, 11) is 1.63. The van der Waals surface area contributed by atoms with E-state index in [-0.39, 0.29) is 11.0 Å². The van der Waals surface area contributed by atoms with Gasteiger partial charge in [0.25, 0.3) is 5.56 Å². The number of anilines is 1. The molecule has 4 rings (SSSR count). The van der Waals surface area contributed by atoms with Crippen LogP contribution in [0.2, 0.25) is 5.02 Å². The molecule has 0 fully saturated rings. The molecule has 2 aromatic heterocycles. The van der Waals surface area contributed by atoms with Crippen LogP contribution in [0.15, 0.2) is 59.4 Å². The number of nitrogens with zero attached hydrogens (tertiary/aromatic N) is 2. The lowest BCUT2D eigenvalue weighted by molar-refractivity contribution is 0.415. The van der Waals surface area contributed by atoms with Crippen LogP contribution in [0.4, 0.5) is 5.69 Å². The van der Waals surface area contributed by atoms with E-state index in [9.17, 15) is 4.79 Å². The Bertz CT molecular complexity index is 1280. The lowest BCUT2D eigenvalue weighted by Gasteiger charge is -2.15. The van der Waals surface area contributed by atoms with Gasteiger partial charge in [0.05, 0.1) is 18.5 Å². The van der Waals surface area contributed by atoms with Crippen LogP contribution in [-0.2, 0) is 12.0 Å². The summed E-state index contributed by atoms with van der Waals surface area (Å²) in [5.74, 6) is 0.758. The van der Waals surface area contributed by atoms with Gasteiger partial charge in [0.15, 0.2) is 0 Å². The van der Waals surface area contributed by atoms with Crippen molar-refractivity contribution in [2.45, 2.75) is 32.7 Å². The van der Waals surface area contributed by atoms with E-state index >= 15 is 0 Å². The number of benzene rings is 2. The molecule has 6 nitrogen and oxygen atoms in total. The summed E-state index contributed by atoms with van der Waals surface area (Å²) in [5, 5.41) is 9.72. The van der Waals surface area contributed by atoms with Crippen molar-refractivity contribution in [1.29, 1.82) is 0 Å². The lowest BCUT2D eigenvalue weighted by atomic mass is 9.90. The summed E-state index contributed by atoms with van der Waals surface area (Å²) in [6, 6.07) is 16.9. The van der Waals surface area contributed by atoms with Crippen molar-refractivity contribution in [1.82, 2.24) is 14.8 Å².